The first kappa shape index (κ1) is 22.3. The zero-order valence-corrected chi connectivity index (χ0v) is 20.6. The molecule has 36 heavy (non-hydrogen) atoms. The lowest BCUT2D eigenvalue weighted by Crippen LogP contribution is -2.24. The molecule has 1 aliphatic rings. The average Bonchev–Trinajstić information content (AvgIpc) is 3.19. The third kappa shape index (κ3) is 4.00. The molecule has 0 saturated heterocycles. The van der Waals surface area contributed by atoms with Gasteiger partial charge in [0.1, 0.15) is 16.7 Å². The van der Waals surface area contributed by atoms with Crippen LogP contribution in [0.2, 0.25) is 0 Å². The van der Waals surface area contributed by atoms with Crippen molar-refractivity contribution in [2.75, 3.05) is 0 Å². The minimum Gasteiger partial charge on any atom is -0.296 e. The van der Waals surface area contributed by atoms with Gasteiger partial charge in [-0.25, -0.2) is 15.0 Å². The van der Waals surface area contributed by atoms with Gasteiger partial charge in [0.25, 0.3) is 5.56 Å². The Balaban J connectivity index is 1.55. The molecule has 5 aromatic rings. The molecular formula is C29H28N6O. The van der Waals surface area contributed by atoms with Crippen LogP contribution in [-0.4, -0.2) is 30.4 Å². The number of rotatable bonds is 5. The van der Waals surface area contributed by atoms with Crippen LogP contribution in [0.4, 0.5) is 0 Å². The fourth-order valence-electron chi connectivity index (χ4n) is 4.95. The highest BCUT2D eigenvalue weighted by Gasteiger charge is 2.21. The van der Waals surface area contributed by atoms with E-state index in [1.54, 1.807) is 15.5 Å². The summed E-state index contributed by atoms with van der Waals surface area (Å²) in [6.07, 6.45) is 9.71. The van der Waals surface area contributed by atoms with Gasteiger partial charge in [-0.2, -0.15) is 9.78 Å². The van der Waals surface area contributed by atoms with Gasteiger partial charge in [-0.1, -0.05) is 53.6 Å². The van der Waals surface area contributed by atoms with Gasteiger partial charge in [0.2, 0.25) is 0 Å². The third-order valence-electron chi connectivity index (χ3n) is 6.97. The summed E-state index contributed by atoms with van der Waals surface area (Å²) in [5.41, 5.74) is 6.53. The maximum absolute atomic E-state index is 13.9. The molecule has 3 aromatic heterocycles. The Morgan fingerprint density at radius 1 is 0.944 bits per heavy atom. The van der Waals surface area contributed by atoms with E-state index >= 15 is 0 Å². The summed E-state index contributed by atoms with van der Waals surface area (Å²) in [7, 11) is 0. The highest BCUT2D eigenvalue weighted by molar-refractivity contribution is 6.05. The molecule has 0 aliphatic heterocycles. The molecular weight excluding hydrogens is 448 g/mol. The molecule has 0 saturated carbocycles. The minimum atomic E-state index is -0.0900. The van der Waals surface area contributed by atoms with Gasteiger partial charge in [-0.05, 0) is 63.6 Å². The van der Waals surface area contributed by atoms with Crippen molar-refractivity contribution in [1.82, 2.24) is 24.2 Å². The van der Waals surface area contributed by atoms with Gasteiger partial charge in [0.05, 0.1) is 17.2 Å². The van der Waals surface area contributed by atoms with Crippen molar-refractivity contribution in [1.29, 1.82) is 0 Å². The zero-order valence-electron chi connectivity index (χ0n) is 20.6. The van der Waals surface area contributed by atoms with Crippen molar-refractivity contribution in [3.63, 3.8) is 0 Å². The number of fused-ring (bicyclic) bond motifs is 4. The summed E-state index contributed by atoms with van der Waals surface area (Å²) in [4.78, 5) is 28.4. The maximum Gasteiger partial charge on any atom is 0.265 e. The number of aryl methyl sites for hydroxylation is 2. The lowest BCUT2D eigenvalue weighted by molar-refractivity contribution is 0.597. The Morgan fingerprint density at radius 2 is 1.72 bits per heavy atom. The first-order valence-electron chi connectivity index (χ1n) is 12.6. The van der Waals surface area contributed by atoms with E-state index in [1.165, 1.54) is 24.0 Å². The van der Waals surface area contributed by atoms with E-state index in [2.05, 4.69) is 13.0 Å². The zero-order chi connectivity index (χ0) is 24.6. The van der Waals surface area contributed by atoms with Gasteiger partial charge < -0.3 is 0 Å². The maximum atomic E-state index is 13.9. The van der Waals surface area contributed by atoms with Gasteiger partial charge >= 0.3 is 0 Å². The SMILES string of the molecule is Cc1ccc(C=Nn2c3nc4ccccc4nc3c3c(=O)n(CCC4=CCCCC4)c(C)nc32)cc1. The smallest absolute Gasteiger partial charge is 0.265 e. The summed E-state index contributed by atoms with van der Waals surface area (Å²) in [6, 6.07) is 15.8. The molecule has 1 aliphatic carbocycles. The molecule has 6 rings (SSSR count). The first-order chi connectivity index (χ1) is 17.6. The second-order valence-electron chi connectivity index (χ2n) is 9.52. The summed E-state index contributed by atoms with van der Waals surface area (Å²) < 4.78 is 3.44. The van der Waals surface area contributed by atoms with E-state index in [9.17, 15) is 4.79 Å². The number of para-hydroxylation sites is 2. The summed E-state index contributed by atoms with van der Waals surface area (Å²) in [5, 5.41) is 5.20. The number of benzene rings is 2. The molecule has 0 unspecified atom stereocenters. The predicted molar refractivity (Wildman–Crippen MR) is 145 cm³/mol. The van der Waals surface area contributed by atoms with Gasteiger partial charge in [-0.3, -0.25) is 9.36 Å². The van der Waals surface area contributed by atoms with Crippen LogP contribution >= 0.6 is 0 Å². The quantitative estimate of drug-likeness (QED) is 0.241. The standard InChI is InChI=1S/C29H28N6O/c1-19-12-14-22(15-13-19)18-30-35-27-25(26-28(35)33-24-11-7-6-10-23(24)32-26)29(36)34(20(2)31-27)17-16-21-8-4-3-5-9-21/h6-8,10-15,18H,3-5,9,16-17H2,1-2H3. The topological polar surface area (TPSA) is 78.0 Å². The normalized spacial score (nSPS) is 14.3. The highest BCUT2D eigenvalue weighted by Crippen LogP contribution is 2.26. The van der Waals surface area contributed by atoms with E-state index in [0.717, 1.165) is 35.9 Å². The Labute approximate surface area is 208 Å². The van der Waals surface area contributed by atoms with Crippen LogP contribution < -0.4 is 5.56 Å². The van der Waals surface area contributed by atoms with Crippen molar-refractivity contribution < 1.29 is 0 Å². The second kappa shape index (κ2) is 9.15. The van der Waals surface area contributed by atoms with Gasteiger partial charge in [0, 0.05) is 6.54 Å². The molecule has 0 atom stereocenters. The number of nitrogens with zero attached hydrogens (tertiary/aromatic N) is 6. The van der Waals surface area contributed by atoms with E-state index in [0.29, 0.717) is 34.6 Å². The molecule has 7 heteroatoms. The second-order valence-corrected chi connectivity index (χ2v) is 9.52. The molecule has 0 fully saturated rings. The van der Waals surface area contributed by atoms with Crippen molar-refractivity contribution >= 4 is 39.4 Å². The number of hydrogen-bond acceptors (Lipinski definition) is 5. The van der Waals surface area contributed by atoms with E-state index in [-0.39, 0.29) is 5.56 Å². The van der Waals surface area contributed by atoms with Crippen molar-refractivity contribution in [3.8, 4) is 0 Å². The molecule has 3 heterocycles. The third-order valence-corrected chi connectivity index (χ3v) is 6.97. The van der Waals surface area contributed by atoms with Crippen molar-refractivity contribution in [2.45, 2.75) is 52.5 Å². The number of hydrogen-bond donors (Lipinski definition) is 0. The summed E-state index contributed by atoms with van der Waals surface area (Å²) in [6.45, 7) is 4.55. The molecule has 2 aromatic carbocycles. The fraction of sp³-hybridized carbons (Fsp3) is 0.276. The van der Waals surface area contributed by atoms with Crippen LogP contribution in [0.5, 0.6) is 0 Å². The van der Waals surface area contributed by atoms with Crippen LogP contribution in [0.25, 0.3) is 33.2 Å². The predicted octanol–water partition coefficient (Wildman–Crippen LogP) is 5.68. The Morgan fingerprint density at radius 3 is 2.47 bits per heavy atom. The summed E-state index contributed by atoms with van der Waals surface area (Å²) in [5.74, 6) is 0.669. The van der Waals surface area contributed by atoms with Crippen LogP contribution in [0, 0.1) is 13.8 Å². The first-order valence-corrected chi connectivity index (χ1v) is 12.6. The minimum absolute atomic E-state index is 0.0900. The van der Waals surface area contributed by atoms with Crippen molar-refractivity contribution in [2.24, 2.45) is 5.10 Å². The van der Waals surface area contributed by atoms with Gasteiger partial charge in [-0.15, -0.1) is 0 Å². The Bertz CT molecular complexity index is 1720. The van der Waals surface area contributed by atoms with Crippen LogP contribution in [0.15, 0.2) is 70.1 Å². The molecule has 7 nitrogen and oxygen atoms in total. The van der Waals surface area contributed by atoms with Crippen LogP contribution in [-0.2, 0) is 6.54 Å². The molecule has 0 spiro atoms. The van der Waals surface area contributed by atoms with Gasteiger partial charge in [0.15, 0.2) is 11.3 Å². The van der Waals surface area contributed by atoms with E-state index in [1.807, 2.05) is 55.5 Å². The highest BCUT2D eigenvalue weighted by atomic mass is 16.1. The monoisotopic (exact) mass is 476 g/mol. The molecule has 0 radical (unpaired) electrons. The molecule has 180 valence electrons. The van der Waals surface area contributed by atoms with Crippen LogP contribution in [0.3, 0.4) is 0 Å². The fourth-order valence-corrected chi connectivity index (χ4v) is 4.95. The molecule has 0 bridgehead atoms. The average molecular weight is 477 g/mol. The Hall–Kier alpha value is -4.13. The summed E-state index contributed by atoms with van der Waals surface area (Å²) >= 11 is 0. The molecule has 0 N–H and O–H groups in total. The van der Waals surface area contributed by atoms with Crippen LogP contribution in [0.1, 0.15) is 49.1 Å². The molecule has 0 amide bonds. The van der Waals surface area contributed by atoms with Crippen molar-refractivity contribution in [3.05, 3.63) is 87.5 Å². The lowest BCUT2D eigenvalue weighted by atomic mass is 9.97. The number of allylic oxidation sites excluding steroid dienone is 2. The van der Waals surface area contributed by atoms with E-state index < -0.39 is 0 Å². The number of aromatic nitrogens is 5. The Kier molecular flexibility index (Phi) is 5.68. The largest absolute Gasteiger partial charge is 0.296 e. The van der Waals surface area contributed by atoms with E-state index in [4.69, 9.17) is 20.1 Å². The lowest BCUT2D eigenvalue weighted by Gasteiger charge is -2.14.